The lowest BCUT2D eigenvalue weighted by Gasteiger charge is -2.04. The SMILES string of the molecule is NNc1nc2nc(Oc3ccccc3)nn2c2ncccc12. The highest BCUT2D eigenvalue weighted by molar-refractivity contribution is 5.87. The molecule has 0 radical (unpaired) electrons. The molecule has 0 bridgehead atoms. The fraction of sp³-hybridized carbons (Fsp3) is 0. The molecule has 0 spiro atoms. The van der Waals surface area contributed by atoms with Crippen LogP contribution in [0.3, 0.4) is 0 Å². The van der Waals surface area contributed by atoms with Gasteiger partial charge in [0.25, 0.3) is 5.78 Å². The molecular weight excluding hydrogens is 282 g/mol. The Balaban J connectivity index is 1.88. The zero-order valence-corrected chi connectivity index (χ0v) is 11.3. The summed E-state index contributed by atoms with van der Waals surface area (Å²) >= 11 is 0. The standard InChI is InChI=1S/C14H11N7O/c15-19-11-10-7-4-8-16-12(10)21-13(17-11)18-14(20-21)22-9-5-2-1-3-6-9/h1-8H,15H2,(H,17,18,19,20). The molecule has 3 N–H and O–H groups in total. The quantitative estimate of drug-likeness (QED) is 0.438. The molecule has 0 fully saturated rings. The first kappa shape index (κ1) is 12.5. The Morgan fingerprint density at radius 2 is 1.91 bits per heavy atom. The van der Waals surface area contributed by atoms with Crippen molar-refractivity contribution in [3.05, 3.63) is 48.7 Å². The molecule has 0 saturated carbocycles. The largest absolute Gasteiger partial charge is 0.423 e. The molecule has 8 nitrogen and oxygen atoms in total. The van der Waals surface area contributed by atoms with E-state index in [-0.39, 0.29) is 6.01 Å². The maximum atomic E-state index is 5.62. The molecule has 22 heavy (non-hydrogen) atoms. The molecule has 8 heteroatoms. The fourth-order valence-electron chi connectivity index (χ4n) is 2.16. The first-order valence-electron chi connectivity index (χ1n) is 6.56. The van der Waals surface area contributed by atoms with Crippen molar-refractivity contribution in [2.24, 2.45) is 5.84 Å². The number of nitrogens with two attached hydrogens (primary N) is 1. The highest BCUT2D eigenvalue weighted by atomic mass is 16.5. The summed E-state index contributed by atoms with van der Waals surface area (Å²) < 4.78 is 7.15. The Kier molecular flexibility index (Phi) is 2.80. The Morgan fingerprint density at radius 1 is 1.05 bits per heavy atom. The second-order valence-corrected chi connectivity index (χ2v) is 4.50. The van der Waals surface area contributed by atoms with E-state index >= 15 is 0 Å². The van der Waals surface area contributed by atoms with Gasteiger partial charge < -0.3 is 10.2 Å². The van der Waals surface area contributed by atoms with Gasteiger partial charge in [0.15, 0.2) is 11.5 Å². The molecule has 0 saturated heterocycles. The number of nitrogens with one attached hydrogen (secondary N) is 1. The van der Waals surface area contributed by atoms with Crippen LogP contribution >= 0.6 is 0 Å². The molecule has 0 aliphatic heterocycles. The maximum Gasteiger partial charge on any atom is 0.343 e. The third kappa shape index (κ3) is 1.98. The summed E-state index contributed by atoms with van der Waals surface area (Å²) in [5.74, 6) is 6.99. The zero-order chi connectivity index (χ0) is 14.9. The van der Waals surface area contributed by atoms with Gasteiger partial charge in [0, 0.05) is 6.20 Å². The van der Waals surface area contributed by atoms with Gasteiger partial charge in [-0.1, -0.05) is 18.2 Å². The molecule has 3 aromatic heterocycles. The second kappa shape index (κ2) is 4.93. The number of hydrogen-bond donors (Lipinski definition) is 2. The summed E-state index contributed by atoms with van der Waals surface area (Å²) in [6.07, 6.45) is 1.67. The summed E-state index contributed by atoms with van der Waals surface area (Å²) in [4.78, 5) is 12.9. The van der Waals surface area contributed by atoms with E-state index in [1.165, 1.54) is 4.52 Å². The molecule has 0 atom stereocenters. The molecule has 1 aromatic carbocycles. The van der Waals surface area contributed by atoms with E-state index in [2.05, 4.69) is 25.5 Å². The van der Waals surface area contributed by atoms with E-state index in [9.17, 15) is 0 Å². The highest BCUT2D eigenvalue weighted by Crippen LogP contribution is 2.22. The normalized spacial score (nSPS) is 11.0. The number of benzene rings is 1. The number of rotatable bonds is 3. The lowest BCUT2D eigenvalue weighted by Crippen LogP contribution is -2.11. The van der Waals surface area contributed by atoms with Crippen LogP contribution in [0.1, 0.15) is 0 Å². The van der Waals surface area contributed by atoms with E-state index in [0.29, 0.717) is 23.0 Å². The summed E-state index contributed by atoms with van der Waals surface area (Å²) in [5.41, 5.74) is 3.14. The molecule has 0 unspecified atom stereocenters. The predicted molar refractivity (Wildman–Crippen MR) is 80.4 cm³/mol. The minimum absolute atomic E-state index is 0.194. The van der Waals surface area contributed by atoms with E-state index in [0.717, 1.165) is 5.39 Å². The highest BCUT2D eigenvalue weighted by Gasteiger charge is 2.13. The Hall–Kier alpha value is -3.26. The molecule has 4 aromatic rings. The maximum absolute atomic E-state index is 5.62. The number of nitrogen functional groups attached to an aromatic ring is 1. The lowest BCUT2D eigenvalue weighted by atomic mass is 10.3. The number of hydrogen-bond acceptors (Lipinski definition) is 7. The Bertz CT molecular complexity index is 951. The molecular formula is C14H11N7O. The molecule has 4 rings (SSSR count). The molecule has 108 valence electrons. The van der Waals surface area contributed by atoms with Gasteiger partial charge >= 0.3 is 6.01 Å². The van der Waals surface area contributed by atoms with Crippen LogP contribution in [0.2, 0.25) is 0 Å². The van der Waals surface area contributed by atoms with Crippen molar-refractivity contribution in [2.75, 3.05) is 5.43 Å². The fourth-order valence-corrected chi connectivity index (χ4v) is 2.16. The van der Waals surface area contributed by atoms with Crippen molar-refractivity contribution >= 4 is 22.6 Å². The minimum Gasteiger partial charge on any atom is -0.423 e. The average Bonchev–Trinajstić information content (AvgIpc) is 2.97. The number of para-hydroxylation sites is 1. The third-order valence-corrected chi connectivity index (χ3v) is 3.11. The van der Waals surface area contributed by atoms with Crippen LogP contribution in [-0.4, -0.2) is 24.6 Å². The molecule has 0 aliphatic carbocycles. The van der Waals surface area contributed by atoms with Gasteiger partial charge in [-0.15, -0.1) is 5.10 Å². The molecule has 0 amide bonds. The monoisotopic (exact) mass is 293 g/mol. The van der Waals surface area contributed by atoms with Gasteiger partial charge in [-0.2, -0.15) is 14.5 Å². The van der Waals surface area contributed by atoms with Crippen LogP contribution in [0.4, 0.5) is 5.82 Å². The van der Waals surface area contributed by atoms with Crippen molar-refractivity contribution in [3.63, 3.8) is 0 Å². The van der Waals surface area contributed by atoms with Gasteiger partial charge in [0.05, 0.1) is 5.39 Å². The topological polar surface area (TPSA) is 103 Å². The smallest absolute Gasteiger partial charge is 0.343 e. The van der Waals surface area contributed by atoms with Crippen LogP contribution in [0, 0.1) is 0 Å². The van der Waals surface area contributed by atoms with Gasteiger partial charge in [0.2, 0.25) is 0 Å². The third-order valence-electron chi connectivity index (χ3n) is 3.11. The Morgan fingerprint density at radius 3 is 2.73 bits per heavy atom. The van der Waals surface area contributed by atoms with Crippen molar-refractivity contribution in [3.8, 4) is 11.8 Å². The van der Waals surface area contributed by atoms with E-state index < -0.39 is 0 Å². The zero-order valence-electron chi connectivity index (χ0n) is 11.3. The van der Waals surface area contributed by atoms with Crippen molar-refractivity contribution in [2.45, 2.75) is 0 Å². The second-order valence-electron chi connectivity index (χ2n) is 4.50. The van der Waals surface area contributed by atoms with Gasteiger partial charge in [0.1, 0.15) is 5.75 Å². The van der Waals surface area contributed by atoms with Crippen LogP contribution in [0.25, 0.3) is 16.8 Å². The first-order chi connectivity index (χ1) is 10.8. The lowest BCUT2D eigenvalue weighted by molar-refractivity contribution is 0.443. The predicted octanol–water partition coefficient (Wildman–Crippen LogP) is 1.75. The first-order valence-corrected chi connectivity index (χ1v) is 6.56. The van der Waals surface area contributed by atoms with Crippen LogP contribution in [0.15, 0.2) is 48.7 Å². The summed E-state index contributed by atoms with van der Waals surface area (Å²) in [7, 11) is 0. The van der Waals surface area contributed by atoms with E-state index in [1.807, 2.05) is 36.4 Å². The van der Waals surface area contributed by atoms with Gasteiger partial charge in [-0.05, 0) is 24.3 Å². The van der Waals surface area contributed by atoms with Crippen molar-refractivity contribution in [1.82, 2.24) is 24.6 Å². The summed E-state index contributed by atoms with van der Waals surface area (Å²) in [5, 5.41) is 5.05. The van der Waals surface area contributed by atoms with Crippen LogP contribution in [0.5, 0.6) is 11.8 Å². The molecule has 3 heterocycles. The van der Waals surface area contributed by atoms with E-state index in [4.69, 9.17) is 10.6 Å². The van der Waals surface area contributed by atoms with Crippen LogP contribution < -0.4 is 16.0 Å². The van der Waals surface area contributed by atoms with Crippen molar-refractivity contribution < 1.29 is 4.74 Å². The molecule has 0 aliphatic rings. The number of hydrazine groups is 1. The minimum atomic E-state index is 0.194. The summed E-state index contributed by atoms with van der Waals surface area (Å²) in [6.45, 7) is 0. The Labute approximate surface area is 124 Å². The number of fused-ring (bicyclic) bond motifs is 3. The number of nitrogens with zero attached hydrogens (tertiary/aromatic N) is 5. The number of pyridine rings is 1. The number of anilines is 1. The number of ether oxygens (including phenoxy) is 1. The summed E-state index contributed by atoms with van der Waals surface area (Å²) in [6, 6.07) is 13.1. The number of aromatic nitrogens is 5. The van der Waals surface area contributed by atoms with E-state index in [1.54, 1.807) is 12.3 Å². The van der Waals surface area contributed by atoms with Gasteiger partial charge in [-0.25, -0.2) is 10.8 Å². The average molecular weight is 293 g/mol. The van der Waals surface area contributed by atoms with Gasteiger partial charge in [-0.3, -0.25) is 0 Å². The van der Waals surface area contributed by atoms with Crippen LogP contribution in [-0.2, 0) is 0 Å². The van der Waals surface area contributed by atoms with Crippen molar-refractivity contribution in [1.29, 1.82) is 0 Å².